The molecule has 112 valence electrons. The molecule has 0 aliphatic heterocycles. The first-order chi connectivity index (χ1) is 10.5. The summed E-state index contributed by atoms with van der Waals surface area (Å²) in [4.78, 5) is 4.31. The Bertz CT molecular complexity index is 872. The van der Waals surface area contributed by atoms with Crippen LogP contribution in [0.15, 0.2) is 65.8 Å². The first-order valence-electron chi connectivity index (χ1n) is 6.61. The first-order valence-corrected chi connectivity index (χ1v) is 8.09. The summed E-state index contributed by atoms with van der Waals surface area (Å²) in [5.41, 5.74) is 1.53. The number of hydrogen-bond donors (Lipinski definition) is 1. The molecule has 2 heterocycles. The van der Waals surface area contributed by atoms with E-state index < -0.39 is 10.0 Å². The molecule has 0 amide bonds. The summed E-state index contributed by atoms with van der Waals surface area (Å²) in [6.07, 6.45) is 3.45. The lowest BCUT2D eigenvalue weighted by molar-refractivity contribution is 0.601. The lowest BCUT2D eigenvalue weighted by Gasteiger charge is -2.08. The Kier molecular flexibility index (Phi) is 3.64. The third kappa shape index (κ3) is 2.99. The standard InChI is InChI=1S/C15H14N4O2S/c1-12-4-2-5-15(17-12)18-22(20,21)14-8-6-13(7-9-14)19-11-3-10-16-19/h2-11H,1H3,(H,17,18). The van der Waals surface area contributed by atoms with Gasteiger partial charge in [-0.3, -0.25) is 4.72 Å². The highest BCUT2D eigenvalue weighted by Crippen LogP contribution is 2.16. The second-order valence-electron chi connectivity index (χ2n) is 4.71. The van der Waals surface area contributed by atoms with Gasteiger partial charge in [-0.15, -0.1) is 0 Å². The Morgan fingerprint density at radius 3 is 2.45 bits per heavy atom. The van der Waals surface area contributed by atoms with Crippen LogP contribution in [-0.2, 0) is 10.0 Å². The summed E-state index contributed by atoms with van der Waals surface area (Å²) >= 11 is 0. The van der Waals surface area contributed by atoms with Crippen LogP contribution in [0.2, 0.25) is 0 Å². The zero-order valence-corrected chi connectivity index (χ0v) is 12.7. The number of nitrogens with one attached hydrogen (secondary N) is 1. The average Bonchev–Trinajstić information content (AvgIpc) is 3.01. The molecule has 0 spiro atoms. The fourth-order valence-corrected chi connectivity index (χ4v) is 3.00. The molecule has 0 aliphatic carbocycles. The van der Waals surface area contributed by atoms with Gasteiger partial charge >= 0.3 is 0 Å². The molecule has 0 atom stereocenters. The lowest BCUT2D eigenvalue weighted by Crippen LogP contribution is -2.14. The molecule has 0 fully saturated rings. The Balaban J connectivity index is 1.86. The second kappa shape index (κ2) is 5.61. The van der Waals surface area contributed by atoms with Gasteiger partial charge < -0.3 is 0 Å². The van der Waals surface area contributed by atoms with Crippen LogP contribution < -0.4 is 4.72 Å². The molecule has 0 unspecified atom stereocenters. The number of sulfonamides is 1. The lowest BCUT2D eigenvalue weighted by atomic mass is 10.3. The number of anilines is 1. The zero-order chi connectivity index (χ0) is 15.6. The average molecular weight is 314 g/mol. The van der Waals surface area contributed by atoms with E-state index in [1.165, 1.54) is 12.1 Å². The molecule has 0 aliphatic rings. The highest BCUT2D eigenvalue weighted by Gasteiger charge is 2.14. The number of benzene rings is 1. The maximum Gasteiger partial charge on any atom is 0.263 e. The SMILES string of the molecule is Cc1cccc(NS(=O)(=O)c2ccc(-n3cccn3)cc2)n1. The van der Waals surface area contributed by atoms with Crippen molar-refractivity contribution in [1.29, 1.82) is 0 Å². The van der Waals surface area contributed by atoms with Crippen molar-refractivity contribution in [2.45, 2.75) is 11.8 Å². The van der Waals surface area contributed by atoms with E-state index in [1.54, 1.807) is 60.4 Å². The van der Waals surface area contributed by atoms with Crippen molar-refractivity contribution in [2.75, 3.05) is 4.72 Å². The molecular formula is C15H14N4O2S. The van der Waals surface area contributed by atoms with E-state index in [9.17, 15) is 8.42 Å². The number of nitrogens with zero attached hydrogens (tertiary/aromatic N) is 3. The number of aromatic nitrogens is 3. The van der Waals surface area contributed by atoms with Gasteiger partial charge in [0.2, 0.25) is 0 Å². The van der Waals surface area contributed by atoms with E-state index >= 15 is 0 Å². The predicted octanol–water partition coefficient (Wildman–Crippen LogP) is 2.38. The minimum absolute atomic E-state index is 0.173. The molecule has 0 radical (unpaired) electrons. The van der Waals surface area contributed by atoms with E-state index in [0.717, 1.165) is 11.4 Å². The van der Waals surface area contributed by atoms with Gasteiger partial charge in [0.05, 0.1) is 10.6 Å². The fraction of sp³-hybridized carbons (Fsp3) is 0.0667. The van der Waals surface area contributed by atoms with Gasteiger partial charge in [0.1, 0.15) is 5.82 Å². The molecule has 1 N–H and O–H groups in total. The Morgan fingerprint density at radius 1 is 1.05 bits per heavy atom. The van der Waals surface area contributed by atoms with E-state index in [-0.39, 0.29) is 4.90 Å². The highest BCUT2D eigenvalue weighted by molar-refractivity contribution is 7.92. The van der Waals surface area contributed by atoms with Gasteiger partial charge in [-0.05, 0) is 49.4 Å². The number of aryl methyl sites for hydroxylation is 1. The Hall–Kier alpha value is -2.67. The van der Waals surface area contributed by atoms with Crippen molar-refractivity contribution in [3.05, 3.63) is 66.6 Å². The smallest absolute Gasteiger partial charge is 0.263 e. The van der Waals surface area contributed by atoms with E-state index in [0.29, 0.717) is 5.82 Å². The summed E-state index contributed by atoms with van der Waals surface area (Å²) in [7, 11) is -3.66. The van der Waals surface area contributed by atoms with Crippen LogP contribution in [0.3, 0.4) is 0 Å². The highest BCUT2D eigenvalue weighted by atomic mass is 32.2. The Labute approximate surface area is 128 Å². The van der Waals surface area contributed by atoms with Crippen LogP contribution in [0, 0.1) is 6.92 Å². The van der Waals surface area contributed by atoms with Crippen LogP contribution in [0.25, 0.3) is 5.69 Å². The van der Waals surface area contributed by atoms with E-state index in [1.807, 2.05) is 0 Å². The molecule has 2 aromatic heterocycles. The third-order valence-corrected chi connectivity index (χ3v) is 4.41. The van der Waals surface area contributed by atoms with Crippen molar-refractivity contribution >= 4 is 15.8 Å². The van der Waals surface area contributed by atoms with E-state index in [2.05, 4.69) is 14.8 Å². The molecule has 3 rings (SSSR count). The van der Waals surface area contributed by atoms with Crippen LogP contribution in [0.1, 0.15) is 5.69 Å². The molecular weight excluding hydrogens is 300 g/mol. The maximum absolute atomic E-state index is 12.3. The largest absolute Gasteiger partial charge is 0.263 e. The second-order valence-corrected chi connectivity index (χ2v) is 6.40. The maximum atomic E-state index is 12.3. The summed E-state index contributed by atoms with van der Waals surface area (Å²) in [6, 6.07) is 13.4. The molecule has 0 bridgehead atoms. The fourth-order valence-electron chi connectivity index (χ4n) is 2.00. The van der Waals surface area contributed by atoms with Crippen molar-refractivity contribution in [1.82, 2.24) is 14.8 Å². The molecule has 3 aromatic rings. The quantitative estimate of drug-likeness (QED) is 0.802. The molecule has 0 saturated heterocycles. The van der Waals surface area contributed by atoms with Crippen LogP contribution in [-0.4, -0.2) is 23.2 Å². The van der Waals surface area contributed by atoms with Gasteiger partial charge in [-0.25, -0.2) is 18.1 Å². The summed E-state index contributed by atoms with van der Waals surface area (Å²) in [6.45, 7) is 1.80. The predicted molar refractivity (Wildman–Crippen MR) is 83.3 cm³/mol. The monoisotopic (exact) mass is 314 g/mol. The third-order valence-electron chi connectivity index (χ3n) is 3.04. The molecule has 7 heteroatoms. The molecule has 1 aromatic carbocycles. The minimum atomic E-state index is -3.66. The number of rotatable bonds is 4. The Morgan fingerprint density at radius 2 is 1.82 bits per heavy atom. The van der Waals surface area contributed by atoms with Gasteiger partial charge in [-0.2, -0.15) is 5.10 Å². The minimum Gasteiger partial charge on any atom is -0.263 e. The molecule has 0 saturated carbocycles. The van der Waals surface area contributed by atoms with Gasteiger partial charge in [0, 0.05) is 18.1 Å². The normalized spacial score (nSPS) is 11.3. The van der Waals surface area contributed by atoms with Gasteiger partial charge in [0.25, 0.3) is 10.0 Å². The van der Waals surface area contributed by atoms with Crippen molar-refractivity contribution in [3.63, 3.8) is 0 Å². The van der Waals surface area contributed by atoms with Crippen LogP contribution in [0.4, 0.5) is 5.82 Å². The van der Waals surface area contributed by atoms with Crippen LogP contribution >= 0.6 is 0 Å². The summed E-state index contributed by atoms with van der Waals surface area (Å²) in [5.74, 6) is 0.302. The molecule has 22 heavy (non-hydrogen) atoms. The summed E-state index contributed by atoms with van der Waals surface area (Å²) in [5, 5.41) is 4.10. The topological polar surface area (TPSA) is 76.9 Å². The van der Waals surface area contributed by atoms with Crippen LogP contribution in [0.5, 0.6) is 0 Å². The van der Waals surface area contributed by atoms with Gasteiger partial charge in [0.15, 0.2) is 0 Å². The first kappa shape index (κ1) is 14.3. The summed E-state index contributed by atoms with van der Waals surface area (Å²) < 4.78 is 28.8. The van der Waals surface area contributed by atoms with E-state index in [4.69, 9.17) is 0 Å². The van der Waals surface area contributed by atoms with Crippen molar-refractivity contribution < 1.29 is 8.42 Å². The van der Waals surface area contributed by atoms with Gasteiger partial charge in [-0.1, -0.05) is 6.07 Å². The number of hydrogen-bond acceptors (Lipinski definition) is 4. The van der Waals surface area contributed by atoms with Crippen molar-refractivity contribution in [2.24, 2.45) is 0 Å². The van der Waals surface area contributed by atoms with Crippen molar-refractivity contribution in [3.8, 4) is 5.69 Å². The zero-order valence-electron chi connectivity index (χ0n) is 11.8. The number of pyridine rings is 1. The molecule has 6 nitrogen and oxygen atoms in total.